The highest BCUT2D eigenvalue weighted by Crippen LogP contribution is 2.26. The third kappa shape index (κ3) is 2.69. The van der Waals surface area contributed by atoms with Crippen LogP contribution in [0.3, 0.4) is 0 Å². The first kappa shape index (κ1) is 12.4. The lowest BCUT2D eigenvalue weighted by Gasteiger charge is -2.28. The summed E-state index contributed by atoms with van der Waals surface area (Å²) in [5.74, 6) is 1.49. The van der Waals surface area contributed by atoms with Gasteiger partial charge >= 0.3 is 0 Å². The summed E-state index contributed by atoms with van der Waals surface area (Å²) in [6.07, 6.45) is 1.67. The topological polar surface area (TPSA) is 38.2 Å². The van der Waals surface area contributed by atoms with Crippen LogP contribution in [0, 0.1) is 0 Å². The summed E-state index contributed by atoms with van der Waals surface area (Å²) in [6.45, 7) is 3.04. The molecule has 2 heterocycles. The molecule has 98 valence electrons. The number of hydrogen-bond acceptors (Lipinski definition) is 4. The zero-order valence-electron chi connectivity index (χ0n) is 10.4. The molecular weight excluding hydrogens is 262 g/mol. The van der Waals surface area contributed by atoms with Crippen LogP contribution >= 0.6 is 11.6 Å². The van der Waals surface area contributed by atoms with Gasteiger partial charge in [-0.05, 0) is 0 Å². The van der Waals surface area contributed by atoms with Gasteiger partial charge in [0.1, 0.15) is 5.02 Å². The van der Waals surface area contributed by atoms with E-state index in [1.807, 2.05) is 30.3 Å². The molecule has 2 aromatic rings. The first-order chi connectivity index (χ1) is 9.34. The molecule has 1 aromatic heterocycles. The van der Waals surface area contributed by atoms with Gasteiger partial charge in [0.25, 0.3) is 0 Å². The SMILES string of the molecule is Clc1cnc(-c2ccccc2)nc1N1CCOCC1. The first-order valence-corrected chi connectivity index (χ1v) is 6.63. The molecule has 19 heavy (non-hydrogen) atoms. The fourth-order valence-electron chi connectivity index (χ4n) is 2.08. The van der Waals surface area contributed by atoms with E-state index in [9.17, 15) is 0 Å². The molecule has 1 aromatic carbocycles. The molecule has 0 N–H and O–H groups in total. The van der Waals surface area contributed by atoms with Crippen molar-refractivity contribution in [2.45, 2.75) is 0 Å². The van der Waals surface area contributed by atoms with E-state index in [4.69, 9.17) is 16.3 Å². The Morgan fingerprint density at radius 2 is 1.84 bits per heavy atom. The Labute approximate surface area is 117 Å². The zero-order valence-corrected chi connectivity index (χ0v) is 11.2. The second-order valence-electron chi connectivity index (χ2n) is 4.33. The highest BCUT2D eigenvalue weighted by atomic mass is 35.5. The summed E-state index contributed by atoms with van der Waals surface area (Å²) >= 11 is 6.21. The van der Waals surface area contributed by atoms with Crippen LogP contribution < -0.4 is 4.90 Å². The van der Waals surface area contributed by atoms with Gasteiger partial charge in [0.05, 0.1) is 19.4 Å². The number of anilines is 1. The van der Waals surface area contributed by atoms with Crippen LogP contribution in [0.15, 0.2) is 36.5 Å². The van der Waals surface area contributed by atoms with E-state index in [-0.39, 0.29) is 0 Å². The van der Waals surface area contributed by atoms with E-state index in [1.54, 1.807) is 6.20 Å². The normalized spacial score (nSPS) is 15.5. The molecule has 0 aliphatic carbocycles. The van der Waals surface area contributed by atoms with E-state index in [1.165, 1.54) is 0 Å². The van der Waals surface area contributed by atoms with Crippen molar-refractivity contribution >= 4 is 17.4 Å². The minimum Gasteiger partial charge on any atom is -0.378 e. The zero-order chi connectivity index (χ0) is 13.1. The summed E-state index contributed by atoms with van der Waals surface area (Å²) in [6, 6.07) is 9.91. The molecule has 0 radical (unpaired) electrons. The van der Waals surface area contributed by atoms with Crippen LogP contribution in [0.1, 0.15) is 0 Å². The van der Waals surface area contributed by atoms with Crippen LogP contribution in [-0.2, 0) is 4.74 Å². The number of hydrogen-bond donors (Lipinski definition) is 0. The predicted octanol–water partition coefficient (Wildman–Crippen LogP) is 2.63. The first-order valence-electron chi connectivity index (χ1n) is 6.25. The molecule has 4 nitrogen and oxygen atoms in total. The van der Waals surface area contributed by atoms with Crippen LogP contribution in [0.4, 0.5) is 5.82 Å². The van der Waals surface area contributed by atoms with Crippen molar-refractivity contribution in [1.82, 2.24) is 9.97 Å². The van der Waals surface area contributed by atoms with Crippen molar-refractivity contribution in [1.29, 1.82) is 0 Å². The third-order valence-electron chi connectivity index (χ3n) is 3.07. The van der Waals surface area contributed by atoms with Crippen LogP contribution in [-0.4, -0.2) is 36.3 Å². The predicted molar refractivity (Wildman–Crippen MR) is 75.5 cm³/mol. The molecule has 0 bridgehead atoms. The van der Waals surface area contributed by atoms with Crippen LogP contribution in [0.2, 0.25) is 5.02 Å². The smallest absolute Gasteiger partial charge is 0.161 e. The quantitative estimate of drug-likeness (QED) is 0.844. The number of morpholine rings is 1. The molecule has 1 fully saturated rings. The maximum absolute atomic E-state index is 6.21. The largest absolute Gasteiger partial charge is 0.378 e. The van der Waals surface area contributed by atoms with Gasteiger partial charge in [-0.15, -0.1) is 0 Å². The molecular formula is C14H14ClN3O. The van der Waals surface area contributed by atoms with Crippen molar-refractivity contribution in [2.24, 2.45) is 0 Å². The molecule has 1 aliphatic rings. The second-order valence-corrected chi connectivity index (χ2v) is 4.74. The molecule has 0 spiro atoms. The standard InChI is InChI=1S/C14H14ClN3O/c15-12-10-16-13(11-4-2-1-3-5-11)17-14(12)18-6-8-19-9-7-18/h1-5,10H,6-9H2. The summed E-state index contributed by atoms with van der Waals surface area (Å²) in [5.41, 5.74) is 0.994. The Morgan fingerprint density at radius 1 is 1.11 bits per heavy atom. The number of benzene rings is 1. The maximum Gasteiger partial charge on any atom is 0.161 e. The van der Waals surface area contributed by atoms with Crippen LogP contribution in [0.25, 0.3) is 11.4 Å². The van der Waals surface area contributed by atoms with E-state index in [0.29, 0.717) is 24.1 Å². The minimum atomic E-state index is 0.585. The lowest BCUT2D eigenvalue weighted by Crippen LogP contribution is -2.37. The molecule has 1 saturated heterocycles. The van der Waals surface area contributed by atoms with Gasteiger partial charge < -0.3 is 9.64 Å². The van der Waals surface area contributed by atoms with Gasteiger partial charge in [0.2, 0.25) is 0 Å². The summed E-state index contributed by atoms with van der Waals surface area (Å²) in [4.78, 5) is 11.0. The monoisotopic (exact) mass is 275 g/mol. The fraction of sp³-hybridized carbons (Fsp3) is 0.286. The minimum absolute atomic E-state index is 0.585. The van der Waals surface area contributed by atoms with Crippen molar-refractivity contribution in [2.75, 3.05) is 31.2 Å². The molecule has 3 rings (SSSR count). The van der Waals surface area contributed by atoms with Crippen molar-refractivity contribution in [3.8, 4) is 11.4 Å². The number of nitrogens with zero attached hydrogens (tertiary/aromatic N) is 3. The van der Waals surface area contributed by atoms with E-state index < -0.39 is 0 Å². The van der Waals surface area contributed by atoms with E-state index >= 15 is 0 Å². The lowest BCUT2D eigenvalue weighted by atomic mass is 10.2. The van der Waals surface area contributed by atoms with Gasteiger partial charge in [0, 0.05) is 18.7 Å². The van der Waals surface area contributed by atoms with Crippen molar-refractivity contribution < 1.29 is 4.74 Å². The Morgan fingerprint density at radius 3 is 2.58 bits per heavy atom. The Hall–Kier alpha value is -1.65. The molecule has 0 atom stereocenters. The Balaban J connectivity index is 1.96. The molecule has 0 saturated carbocycles. The molecule has 1 aliphatic heterocycles. The Kier molecular flexibility index (Phi) is 3.62. The second kappa shape index (κ2) is 5.55. The third-order valence-corrected chi connectivity index (χ3v) is 3.33. The highest BCUT2D eigenvalue weighted by molar-refractivity contribution is 6.32. The van der Waals surface area contributed by atoms with E-state index in [0.717, 1.165) is 24.5 Å². The van der Waals surface area contributed by atoms with E-state index in [2.05, 4.69) is 14.9 Å². The maximum atomic E-state index is 6.21. The molecule has 0 unspecified atom stereocenters. The van der Waals surface area contributed by atoms with Crippen molar-refractivity contribution in [3.05, 3.63) is 41.6 Å². The summed E-state index contributed by atoms with van der Waals surface area (Å²) < 4.78 is 5.35. The lowest BCUT2D eigenvalue weighted by molar-refractivity contribution is 0.122. The molecule has 5 heteroatoms. The van der Waals surface area contributed by atoms with Gasteiger partial charge in [0.15, 0.2) is 11.6 Å². The average Bonchev–Trinajstić information content (AvgIpc) is 2.49. The van der Waals surface area contributed by atoms with Gasteiger partial charge in [-0.2, -0.15) is 0 Å². The average molecular weight is 276 g/mol. The number of aromatic nitrogens is 2. The van der Waals surface area contributed by atoms with Crippen molar-refractivity contribution in [3.63, 3.8) is 0 Å². The Bertz CT molecular complexity index is 556. The van der Waals surface area contributed by atoms with Crippen LogP contribution in [0.5, 0.6) is 0 Å². The number of rotatable bonds is 2. The van der Waals surface area contributed by atoms with Gasteiger partial charge in [-0.1, -0.05) is 41.9 Å². The number of ether oxygens (including phenoxy) is 1. The fourth-order valence-corrected chi connectivity index (χ4v) is 2.29. The highest BCUT2D eigenvalue weighted by Gasteiger charge is 2.17. The van der Waals surface area contributed by atoms with Gasteiger partial charge in [-0.3, -0.25) is 0 Å². The molecule has 0 amide bonds. The summed E-state index contributed by atoms with van der Waals surface area (Å²) in [5, 5.41) is 0.585. The number of halogens is 1. The summed E-state index contributed by atoms with van der Waals surface area (Å²) in [7, 11) is 0. The van der Waals surface area contributed by atoms with Gasteiger partial charge in [-0.25, -0.2) is 9.97 Å².